The van der Waals surface area contributed by atoms with E-state index in [-0.39, 0.29) is 6.10 Å². The van der Waals surface area contributed by atoms with Gasteiger partial charge in [0.2, 0.25) is 0 Å². The minimum Gasteiger partial charge on any atom is -0.410 e. The van der Waals surface area contributed by atoms with E-state index in [9.17, 15) is 0 Å². The molecule has 0 bridgehead atoms. The molecule has 0 amide bonds. The molecule has 0 aromatic heterocycles. The number of rotatable bonds is 9. The Morgan fingerprint density at radius 1 is 0.950 bits per heavy atom. The van der Waals surface area contributed by atoms with Gasteiger partial charge in [-0.25, -0.2) is 0 Å². The van der Waals surface area contributed by atoms with E-state index < -0.39 is 8.32 Å². The molecule has 0 unspecified atom stereocenters. The fourth-order valence-electron chi connectivity index (χ4n) is 3.03. The van der Waals surface area contributed by atoms with Crippen LogP contribution in [0.3, 0.4) is 0 Å². The van der Waals surface area contributed by atoms with Gasteiger partial charge in [0, 0.05) is 0 Å². The Morgan fingerprint density at radius 2 is 1.50 bits per heavy atom. The zero-order valence-corrected chi connectivity index (χ0v) is 15.0. The minimum atomic E-state index is -1.56. The Hall–Kier alpha value is -0.603. The lowest BCUT2D eigenvalue weighted by Gasteiger charge is -2.36. The van der Waals surface area contributed by atoms with Crippen LogP contribution in [0.4, 0.5) is 0 Å². The molecule has 1 aromatic rings. The van der Waals surface area contributed by atoms with Crippen LogP contribution in [0.5, 0.6) is 0 Å². The fraction of sp³-hybridized carbons (Fsp3) is 0.667. The van der Waals surface area contributed by atoms with Crippen molar-refractivity contribution < 1.29 is 4.43 Å². The van der Waals surface area contributed by atoms with E-state index in [1.165, 1.54) is 36.5 Å². The maximum atomic E-state index is 6.82. The minimum absolute atomic E-state index is 0.280. The van der Waals surface area contributed by atoms with Crippen molar-refractivity contribution in [3.8, 4) is 0 Å². The lowest BCUT2D eigenvalue weighted by atomic mass is 9.94. The van der Waals surface area contributed by atoms with Crippen molar-refractivity contribution in [2.45, 2.75) is 71.7 Å². The second kappa shape index (κ2) is 8.63. The van der Waals surface area contributed by atoms with Crippen LogP contribution in [-0.2, 0) is 4.43 Å². The van der Waals surface area contributed by atoms with Gasteiger partial charge >= 0.3 is 0 Å². The predicted molar refractivity (Wildman–Crippen MR) is 91.5 cm³/mol. The zero-order valence-electron chi connectivity index (χ0n) is 14.0. The van der Waals surface area contributed by atoms with Gasteiger partial charge in [-0.1, -0.05) is 71.4 Å². The first-order valence-corrected chi connectivity index (χ1v) is 10.9. The van der Waals surface area contributed by atoms with E-state index in [4.69, 9.17) is 4.43 Å². The standard InChI is InChI=1S/C18H32OSi/c1-6-13-16(5)18(17-14-11-10-12-15-17)19-20(7-2,8-3)9-4/h10-12,14-16,18H,6-9,13H2,1-5H3/t16-,18-/m0/s1. The van der Waals surface area contributed by atoms with E-state index in [0.29, 0.717) is 5.92 Å². The molecule has 0 aliphatic carbocycles. The molecule has 20 heavy (non-hydrogen) atoms. The lowest BCUT2D eigenvalue weighted by Crippen LogP contribution is -2.38. The monoisotopic (exact) mass is 292 g/mol. The molecular formula is C18H32OSi. The molecule has 0 saturated carbocycles. The number of benzene rings is 1. The Kier molecular flexibility index (Phi) is 7.53. The highest BCUT2D eigenvalue weighted by Gasteiger charge is 2.34. The molecule has 1 aromatic carbocycles. The molecule has 1 nitrogen and oxygen atoms in total. The zero-order chi connectivity index (χ0) is 15.0. The molecule has 0 radical (unpaired) electrons. The third-order valence-electron chi connectivity index (χ3n) is 4.70. The summed E-state index contributed by atoms with van der Waals surface area (Å²) in [4.78, 5) is 0. The molecule has 0 aliphatic rings. The summed E-state index contributed by atoms with van der Waals surface area (Å²) in [5, 5.41) is 0. The first kappa shape index (κ1) is 17.4. The second-order valence-corrected chi connectivity index (χ2v) is 10.7. The van der Waals surface area contributed by atoms with Crippen LogP contribution in [0.15, 0.2) is 30.3 Å². The topological polar surface area (TPSA) is 9.23 Å². The van der Waals surface area contributed by atoms with Crippen LogP contribution in [0, 0.1) is 5.92 Å². The van der Waals surface area contributed by atoms with Gasteiger partial charge in [-0.15, -0.1) is 0 Å². The summed E-state index contributed by atoms with van der Waals surface area (Å²) < 4.78 is 6.82. The van der Waals surface area contributed by atoms with E-state index in [1.807, 2.05) is 0 Å². The molecule has 0 fully saturated rings. The quantitative estimate of drug-likeness (QED) is 0.493. The highest BCUT2D eigenvalue weighted by atomic mass is 28.4. The molecule has 114 valence electrons. The highest BCUT2D eigenvalue weighted by molar-refractivity contribution is 6.73. The molecule has 1 rings (SSSR count). The molecular weight excluding hydrogens is 260 g/mol. The first-order valence-electron chi connectivity index (χ1n) is 8.35. The van der Waals surface area contributed by atoms with Gasteiger partial charge in [0.1, 0.15) is 0 Å². The van der Waals surface area contributed by atoms with Crippen molar-refractivity contribution in [2.75, 3.05) is 0 Å². The first-order chi connectivity index (χ1) is 9.62. The van der Waals surface area contributed by atoms with Crippen LogP contribution in [0.2, 0.25) is 18.1 Å². The summed E-state index contributed by atoms with van der Waals surface area (Å²) in [6.45, 7) is 11.5. The van der Waals surface area contributed by atoms with Gasteiger partial charge in [-0.05, 0) is 36.0 Å². The predicted octanol–water partition coefficient (Wildman–Crippen LogP) is 6.19. The van der Waals surface area contributed by atoms with Crippen LogP contribution in [-0.4, -0.2) is 8.32 Å². The Morgan fingerprint density at radius 3 is 1.95 bits per heavy atom. The Balaban J connectivity index is 2.99. The highest BCUT2D eigenvalue weighted by Crippen LogP contribution is 2.35. The van der Waals surface area contributed by atoms with E-state index >= 15 is 0 Å². The van der Waals surface area contributed by atoms with E-state index in [0.717, 1.165) is 0 Å². The van der Waals surface area contributed by atoms with Crippen molar-refractivity contribution in [3.63, 3.8) is 0 Å². The second-order valence-electron chi connectivity index (χ2n) is 5.96. The van der Waals surface area contributed by atoms with Crippen LogP contribution < -0.4 is 0 Å². The summed E-state index contributed by atoms with van der Waals surface area (Å²) >= 11 is 0. The third-order valence-corrected chi connectivity index (χ3v) is 9.32. The van der Waals surface area contributed by atoms with Gasteiger partial charge in [0.05, 0.1) is 6.10 Å². The SMILES string of the molecule is CCC[C@H](C)[C@H](O[Si](CC)(CC)CC)c1ccccc1. The van der Waals surface area contributed by atoms with Crippen LogP contribution in [0.1, 0.15) is 59.1 Å². The van der Waals surface area contributed by atoms with Crippen LogP contribution >= 0.6 is 0 Å². The van der Waals surface area contributed by atoms with Crippen molar-refractivity contribution >= 4 is 8.32 Å². The Labute approximate surface area is 126 Å². The fourth-order valence-corrected chi connectivity index (χ4v) is 5.94. The maximum Gasteiger partial charge on any atom is 0.192 e. The van der Waals surface area contributed by atoms with Crippen molar-refractivity contribution in [2.24, 2.45) is 5.92 Å². The summed E-state index contributed by atoms with van der Waals surface area (Å²) in [6, 6.07) is 14.5. The van der Waals surface area contributed by atoms with Gasteiger partial charge < -0.3 is 4.43 Å². The van der Waals surface area contributed by atoms with Gasteiger partial charge in [-0.3, -0.25) is 0 Å². The summed E-state index contributed by atoms with van der Waals surface area (Å²) in [5.74, 6) is 0.596. The summed E-state index contributed by atoms with van der Waals surface area (Å²) in [5.41, 5.74) is 1.36. The maximum absolute atomic E-state index is 6.82. The average molecular weight is 293 g/mol. The molecule has 0 aliphatic heterocycles. The van der Waals surface area contributed by atoms with Crippen molar-refractivity contribution in [1.82, 2.24) is 0 Å². The Bertz CT molecular complexity index is 351. The van der Waals surface area contributed by atoms with Gasteiger partial charge in [0.15, 0.2) is 8.32 Å². The molecule has 0 N–H and O–H groups in total. The van der Waals surface area contributed by atoms with Crippen LogP contribution in [0.25, 0.3) is 0 Å². The number of hydrogen-bond acceptors (Lipinski definition) is 1. The molecule has 2 atom stereocenters. The molecule has 0 spiro atoms. The van der Waals surface area contributed by atoms with Gasteiger partial charge in [0.25, 0.3) is 0 Å². The molecule has 2 heteroatoms. The number of hydrogen-bond donors (Lipinski definition) is 0. The molecule has 0 heterocycles. The normalized spacial score (nSPS) is 15.1. The van der Waals surface area contributed by atoms with E-state index in [2.05, 4.69) is 65.0 Å². The van der Waals surface area contributed by atoms with Crippen molar-refractivity contribution in [3.05, 3.63) is 35.9 Å². The summed E-state index contributed by atoms with van der Waals surface area (Å²) in [6.07, 6.45) is 2.75. The summed E-state index contributed by atoms with van der Waals surface area (Å²) in [7, 11) is -1.56. The largest absolute Gasteiger partial charge is 0.410 e. The van der Waals surface area contributed by atoms with Crippen molar-refractivity contribution in [1.29, 1.82) is 0 Å². The van der Waals surface area contributed by atoms with E-state index in [1.54, 1.807) is 0 Å². The molecule has 0 saturated heterocycles. The lowest BCUT2D eigenvalue weighted by molar-refractivity contribution is 0.125. The average Bonchev–Trinajstić information content (AvgIpc) is 2.50. The third kappa shape index (κ3) is 4.46. The smallest absolute Gasteiger partial charge is 0.192 e. The van der Waals surface area contributed by atoms with Gasteiger partial charge in [-0.2, -0.15) is 0 Å².